The highest BCUT2D eigenvalue weighted by atomic mass is 19.1. The molecule has 1 aliphatic heterocycles. The van der Waals surface area contributed by atoms with Crippen molar-refractivity contribution >= 4 is 0 Å². The smallest absolute Gasteiger partial charge is 0.123 e. The molecule has 16 heavy (non-hydrogen) atoms. The van der Waals surface area contributed by atoms with Crippen molar-refractivity contribution in [3.8, 4) is 0 Å². The van der Waals surface area contributed by atoms with Crippen LogP contribution in [0.1, 0.15) is 24.8 Å². The zero-order valence-electron chi connectivity index (χ0n) is 9.21. The first-order valence-electron chi connectivity index (χ1n) is 5.90. The van der Waals surface area contributed by atoms with Crippen LogP contribution in [-0.4, -0.2) is 19.3 Å². The van der Waals surface area contributed by atoms with Crippen LogP contribution in [0, 0.1) is 5.82 Å². The summed E-state index contributed by atoms with van der Waals surface area (Å²) in [5.41, 5.74) is 1.31. The van der Waals surface area contributed by atoms with Crippen LogP contribution >= 0.6 is 0 Å². The molecule has 2 aliphatic rings. The average Bonchev–Trinajstić information content (AvgIpc) is 2.88. The predicted molar refractivity (Wildman–Crippen MR) is 59.7 cm³/mol. The Morgan fingerprint density at radius 1 is 1.25 bits per heavy atom. The van der Waals surface area contributed by atoms with Crippen molar-refractivity contribution in [2.75, 3.05) is 13.2 Å². The summed E-state index contributed by atoms with van der Waals surface area (Å²) in [5.74, 6) is -0.163. The van der Waals surface area contributed by atoms with E-state index < -0.39 is 0 Å². The molecule has 1 saturated heterocycles. The maximum atomic E-state index is 12.9. The molecule has 3 heteroatoms. The summed E-state index contributed by atoms with van der Waals surface area (Å²) in [7, 11) is 0. The van der Waals surface area contributed by atoms with Gasteiger partial charge in [-0.15, -0.1) is 0 Å². The Balaban J connectivity index is 1.74. The summed E-state index contributed by atoms with van der Waals surface area (Å²) in [4.78, 5) is 0. The second-order valence-electron chi connectivity index (χ2n) is 4.79. The highest BCUT2D eigenvalue weighted by Gasteiger charge is 2.45. The maximum Gasteiger partial charge on any atom is 0.123 e. The van der Waals surface area contributed by atoms with Crippen molar-refractivity contribution in [2.45, 2.75) is 30.8 Å². The molecule has 1 heterocycles. The van der Waals surface area contributed by atoms with Gasteiger partial charge in [0.15, 0.2) is 0 Å². The molecule has 1 atom stereocenters. The van der Waals surface area contributed by atoms with E-state index in [2.05, 4.69) is 5.32 Å². The van der Waals surface area contributed by atoms with Gasteiger partial charge in [0.25, 0.3) is 0 Å². The molecule has 1 saturated carbocycles. The topological polar surface area (TPSA) is 21.3 Å². The SMILES string of the molecule is Fc1ccc(C2(NC3CCOC3)CC2)cc1. The molecule has 1 aliphatic carbocycles. The molecule has 3 rings (SSSR count). The summed E-state index contributed by atoms with van der Waals surface area (Å²) in [6.07, 6.45) is 3.38. The normalized spacial score (nSPS) is 26.9. The average molecular weight is 221 g/mol. The van der Waals surface area contributed by atoms with Crippen LogP contribution in [0.15, 0.2) is 24.3 Å². The highest BCUT2D eigenvalue weighted by molar-refractivity contribution is 5.30. The van der Waals surface area contributed by atoms with Crippen LogP contribution in [0.25, 0.3) is 0 Å². The summed E-state index contributed by atoms with van der Waals surface area (Å²) in [6.45, 7) is 1.67. The number of nitrogens with one attached hydrogen (secondary N) is 1. The van der Waals surface area contributed by atoms with E-state index >= 15 is 0 Å². The number of benzene rings is 1. The van der Waals surface area contributed by atoms with E-state index in [1.807, 2.05) is 12.1 Å². The Hall–Kier alpha value is -0.930. The van der Waals surface area contributed by atoms with Gasteiger partial charge in [-0.1, -0.05) is 12.1 Å². The van der Waals surface area contributed by atoms with Gasteiger partial charge in [0.1, 0.15) is 5.82 Å². The van der Waals surface area contributed by atoms with Gasteiger partial charge in [-0.3, -0.25) is 0 Å². The maximum absolute atomic E-state index is 12.9. The molecular weight excluding hydrogens is 205 g/mol. The van der Waals surface area contributed by atoms with Gasteiger partial charge in [-0.25, -0.2) is 4.39 Å². The molecule has 86 valence electrons. The lowest BCUT2D eigenvalue weighted by Gasteiger charge is -2.22. The minimum absolute atomic E-state index is 0.103. The van der Waals surface area contributed by atoms with Gasteiger partial charge in [-0.05, 0) is 37.0 Å². The largest absolute Gasteiger partial charge is 0.380 e. The molecular formula is C13H16FNO. The molecule has 2 fully saturated rings. The molecule has 0 spiro atoms. The minimum atomic E-state index is -0.163. The van der Waals surface area contributed by atoms with Crippen LogP contribution in [-0.2, 0) is 10.3 Å². The number of hydrogen-bond acceptors (Lipinski definition) is 2. The predicted octanol–water partition coefficient (Wildman–Crippen LogP) is 2.19. The van der Waals surface area contributed by atoms with E-state index in [4.69, 9.17) is 4.74 Å². The van der Waals surface area contributed by atoms with Gasteiger partial charge < -0.3 is 10.1 Å². The quantitative estimate of drug-likeness (QED) is 0.844. The van der Waals surface area contributed by atoms with E-state index in [1.54, 1.807) is 12.1 Å². The van der Waals surface area contributed by atoms with Gasteiger partial charge in [0.2, 0.25) is 0 Å². The first kappa shape index (κ1) is 10.2. The first-order chi connectivity index (χ1) is 7.78. The van der Waals surface area contributed by atoms with E-state index in [0.717, 1.165) is 32.5 Å². The minimum Gasteiger partial charge on any atom is -0.380 e. The van der Waals surface area contributed by atoms with Crippen molar-refractivity contribution in [1.29, 1.82) is 0 Å². The second-order valence-corrected chi connectivity index (χ2v) is 4.79. The third-order valence-corrected chi connectivity index (χ3v) is 3.56. The first-order valence-corrected chi connectivity index (χ1v) is 5.90. The Labute approximate surface area is 94.8 Å². The fourth-order valence-corrected chi connectivity index (χ4v) is 2.45. The Bertz CT molecular complexity index is 366. The monoisotopic (exact) mass is 221 g/mol. The Kier molecular flexibility index (Phi) is 2.45. The van der Waals surface area contributed by atoms with Crippen LogP contribution in [0.4, 0.5) is 4.39 Å². The summed E-state index contributed by atoms with van der Waals surface area (Å²) < 4.78 is 18.2. The summed E-state index contributed by atoms with van der Waals surface area (Å²) in [6, 6.07) is 7.34. The van der Waals surface area contributed by atoms with Gasteiger partial charge >= 0.3 is 0 Å². The zero-order chi connectivity index (χ0) is 11.0. The van der Waals surface area contributed by atoms with E-state index in [0.29, 0.717) is 6.04 Å². The molecule has 2 nitrogen and oxygen atoms in total. The molecule has 0 amide bonds. The van der Waals surface area contributed by atoms with Crippen molar-refractivity contribution in [2.24, 2.45) is 0 Å². The lowest BCUT2D eigenvalue weighted by atomic mass is 10.0. The summed E-state index contributed by atoms with van der Waals surface area (Å²) >= 11 is 0. The van der Waals surface area contributed by atoms with Crippen LogP contribution in [0.5, 0.6) is 0 Å². The highest BCUT2D eigenvalue weighted by Crippen LogP contribution is 2.46. The van der Waals surface area contributed by atoms with Gasteiger partial charge in [-0.2, -0.15) is 0 Å². The van der Waals surface area contributed by atoms with E-state index in [1.165, 1.54) is 5.56 Å². The molecule has 1 aromatic rings. The third kappa shape index (κ3) is 1.85. The number of halogens is 1. The van der Waals surface area contributed by atoms with E-state index in [9.17, 15) is 4.39 Å². The van der Waals surface area contributed by atoms with E-state index in [-0.39, 0.29) is 11.4 Å². The van der Waals surface area contributed by atoms with Gasteiger partial charge in [0, 0.05) is 18.2 Å². The Morgan fingerprint density at radius 3 is 2.56 bits per heavy atom. The third-order valence-electron chi connectivity index (χ3n) is 3.56. The van der Waals surface area contributed by atoms with Gasteiger partial charge in [0.05, 0.1) is 6.61 Å². The molecule has 0 bridgehead atoms. The van der Waals surface area contributed by atoms with Crippen molar-refractivity contribution in [3.63, 3.8) is 0 Å². The fourth-order valence-electron chi connectivity index (χ4n) is 2.45. The molecule has 1 N–H and O–H groups in total. The lowest BCUT2D eigenvalue weighted by molar-refractivity contribution is 0.187. The lowest BCUT2D eigenvalue weighted by Crippen LogP contribution is -2.38. The molecule has 0 radical (unpaired) electrons. The van der Waals surface area contributed by atoms with Crippen LogP contribution in [0.2, 0.25) is 0 Å². The number of rotatable bonds is 3. The fraction of sp³-hybridized carbons (Fsp3) is 0.538. The molecule has 1 aromatic carbocycles. The molecule has 1 unspecified atom stereocenters. The standard InChI is InChI=1S/C13H16FNO/c14-11-3-1-10(2-4-11)13(6-7-13)15-12-5-8-16-9-12/h1-4,12,15H,5-9H2. The Morgan fingerprint density at radius 2 is 2.00 bits per heavy atom. The van der Waals surface area contributed by atoms with Crippen molar-refractivity contribution in [1.82, 2.24) is 5.32 Å². The second kappa shape index (κ2) is 3.82. The molecule has 0 aromatic heterocycles. The van der Waals surface area contributed by atoms with Crippen molar-refractivity contribution < 1.29 is 9.13 Å². The van der Waals surface area contributed by atoms with Crippen molar-refractivity contribution in [3.05, 3.63) is 35.6 Å². The van der Waals surface area contributed by atoms with Crippen LogP contribution < -0.4 is 5.32 Å². The van der Waals surface area contributed by atoms with Crippen LogP contribution in [0.3, 0.4) is 0 Å². The zero-order valence-corrected chi connectivity index (χ0v) is 9.21. The summed E-state index contributed by atoms with van der Waals surface area (Å²) in [5, 5.41) is 3.65. The number of ether oxygens (including phenoxy) is 1. The number of hydrogen-bond donors (Lipinski definition) is 1.